The number of likely N-dealkylation sites (N-methyl/N-ethyl adjacent to an activating group) is 1. The summed E-state index contributed by atoms with van der Waals surface area (Å²) in [5, 5.41) is 0. The third-order valence-corrected chi connectivity index (χ3v) is 2.88. The van der Waals surface area contributed by atoms with Crippen LogP contribution in [-0.4, -0.2) is 36.1 Å². The summed E-state index contributed by atoms with van der Waals surface area (Å²) in [6, 6.07) is 0.262. The van der Waals surface area contributed by atoms with E-state index in [1.54, 1.807) is 0 Å². The Balaban J connectivity index is 2.67. The van der Waals surface area contributed by atoms with Crippen molar-refractivity contribution in [1.82, 2.24) is 4.90 Å². The van der Waals surface area contributed by atoms with Gasteiger partial charge in [-0.15, -0.1) is 0 Å². The minimum absolute atomic E-state index is 0.0346. The summed E-state index contributed by atoms with van der Waals surface area (Å²) >= 11 is 0. The van der Waals surface area contributed by atoms with E-state index in [9.17, 15) is 4.79 Å². The molecule has 15 heavy (non-hydrogen) atoms. The molecule has 1 aliphatic rings. The van der Waals surface area contributed by atoms with Gasteiger partial charge in [0.15, 0.2) is 0 Å². The number of nitrogens with zero attached hydrogens (tertiary/aromatic N) is 1. The van der Waals surface area contributed by atoms with Crippen molar-refractivity contribution < 1.29 is 9.53 Å². The molecule has 1 rings (SSSR count). The minimum atomic E-state index is -0.174. The van der Waals surface area contributed by atoms with Crippen LogP contribution >= 0.6 is 0 Å². The number of rotatable bonds is 4. The van der Waals surface area contributed by atoms with E-state index < -0.39 is 0 Å². The van der Waals surface area contributed by atoms with Gasteiger partial charge in [0, 0.05) is 6.92 Å². The van der Waals surface area contributed by atoms with E-state index in [0.717, 1.165) is 25.9 Å². The Morgan fingerprint density at radius 1 is 1.47 bits per heavy atom. The average Bonchev–Trinajstić information content (AvgIpc) is 2.21. The normalized spacial score (nSPS) is 25.6. The maximum Gasteiger partial charge on any atom is 0.302 e. The molecule has 0 aromatic heterocycles. The molecular formula is C12H21NO2. The van der Waals surface area contributed by atoms with Crippen LogP contribution in [0.5, 0.6) is 0 Å². The van der Waals surface area contributed by atoms with Crippen LogP contribution in [0.3, 0.4) is 0 Å². The van der Waals surface area contributed by atoms with Crippen LogP contribution in [0.2, 0.25) is 0 Å². The van der Waals surface area contributed by atoms with Crippen molar-refractivity contribution in [2.45, 2.75) is 45.8 Å². The van der Waals surface area contributed by atoms with Crippen molar-refractivity contribution in [2.75, 3.05) is 13.1 Å². The molecule has 0 aromatic carbocycles. The minimum Gasteiger partial charge on any atom is -0.461 e. The van der Waals surface area contributed by atoms with E-state index in [1.165, 1.54) is 6.92 Å². The zero-order valence-electron chi connectivity index (χ0n) is 9.90. The lowest BCUT2D eigenvalue weighted by Crippen LogP contribution is -2.45. The van der Waals surface area contributed by atoms with Crippen molar-refractivity contribution in [3.05, 3.63) is 12.2 Å². The molecule has 0 saturated carbocycles. The molecule has 0 radical (unpaired) electrons. The smallest absolute Gasteiger partial charge is 0.302 e. The molecule has 0 heterocycles. The third-order valence-electron chi connectivity index (χ3n) is 2.88. The first-order valence-corrected chi connectivity index (χ1v) is 5.77. The average molecular weight is 211 g/mol. The van der Waals surface area contributed by atoms with Crippen LogP contribution in [0.1, 0.15) is 33.6 Å². The van der Waals surface area contributed by atoms with Gasteiger partial charge in [-0.2, -0.15) is 0 Å². The molecule has 1 aliphatic carbocycles. The quantitative estimate of drug-likeness (QED) is 0.526. The number of allylic oxidation sites excluding steroid dienone is 1. The highest BCUT2D eigenvalue weighted by Crippen LogP contribution is 2.20. The first-order chi connectivity index (χ1) is 7.19. The molecule has 3 heteroatoms. The van der Waals surface area contributed by atoms with Crippen LogP contribution in [0.15, 0.2) is 12.2 Å². The van der Waals surface area contributed by atoms with Gasteiger partial charge >= 0.3 is 5.97 Å². The van der Waals surface area contributed by atoms with Gasteiger partial charge in [0.25, 0.3) is 0 Å². The van der Waals surface area contributed by atoms with Crippen molar-refractivity contribution in [1.29, 1.82) is 0 Å². The second kappa shape index (κ2) is 5.91. The number of carbonyl (C=O) groups is 1. The number of carbonyl (C=O) groups excluding carboxylic acids is 1. The van der Waals surface area contributed by atoms with Gasteiger partial charge in [-0.3, -0.25) is 9.69 Å². The van der Waals surface area contributed by atoms with E-state index in [-0.39, 0.29) is 18.1 Å². The van der Waals surface area contributed by atoms with E-state index in [4.69, 9.17) is 4.74 Å². The zero-order chi connectivity index (χ0) is 11.3. The van der Waals surface area contributed by atoms with Crippen LogP contribution in [-0.2, 0) is 9.53 Å². The van der Waals surface area contributed by atoms with Gasteiger partial charge < -0.3 is 4.74 Å². The first-order valence-electron chi connectivity index (χ1n) is 5.77. The monoisotopic (exact) mass is 211 g/mol. The van der Waals surface area contributed by atoms with Crippen LogP contribution in [0.4, 0.5) is 0 Å². The summed E-state index contributed by atoms with van der Waals surface area (Å²) in [5.41, 5.74) is 0. The van der Waals surface area contributed by atoms with E-state index >= 15 is 0 Å². The van der Waals surface area contributed by atoms with Gasteiger partial charge in [-0.05, 0) is 25.9 Å². The van der Waals surface area contributed by atoms with Crippen molar-refractivity contribution in [3.8, 4) is 0 Å². The van der Waals surface area contributed by atoms with E-state index in [0.29, 0.717) is 0 Å². The summed E-state index contributed by atoms with van der Waals surface area (Å²) in [5.74, 6) is -0.174. The predicted molar refractivity (Wildman–Crippen MR) is 60.6 cm³/mol. The molecule has 0 aliphatic heterocycles. The molecule has 0 fully saturated rings. The summed E-state index contributed by atoms with van der Waals surface area (Å²) < 4.78 is 5.36. The number of hydrogen-bond acceptors (Lipinski definition) is 3. The van der Waals surface area contributed by atoms with E-state index in [2.05, 4.69) is 30.9 Å². The molecule has 0 aromatic rings. The summed E-state index contributed by atoms with van der Waals surface area (Å²) in [7, 11) is 0. The molecule has 0 unspecified atom stereocenters. The Bertz CT molecular complexity index is 234. The first kappa shape index (κ1) is 12.2. The Morgan fingerprint density at radius 3 is 2.67 bits per heavy atom. The van der Waals surface area contributed by atoms with Crippen LogP contribution in [0, 0.1) is 0 Å². The second-order valence-electron chi connectivity index (χ2n) is 3.87. The molecular weight excluding hydrogens is 190 g/mol. The lowest BCUT2D eigenvalue weighted by atomic mass is 9.97. The zero-order valence-corrected chi connectivity index (χ0v) is 9.90. The van der Waals surface area contributed by atoms with Gasteiger partial charge in [-0.25, -0.2) is 0 Å². The van der Waals surface area contributed by atoms with Gasteiger partial charge in [0.2, 0.25) is 0 Å². The number of hydrogen-bond donors (Lipinski definition) is 0. The Labute approximate surface area is 92.1 Å². The fourth-order valence-corrected chi connectivity index (χ4v) is 2.13. The fourth-order valence-electron chi connectivity index (χ4n) is 2.13. The summed E-state index contributed by atoms with van der Waals surface area (Å²) in [6.07, 6.45) is 6.34. The lowest BCUT2D eigenvalue weighted by molar-refractivity contribution is -0.149. The van der Waals surface area contributed by atoms with Crippen molar-refractivity contribution in [3.63, 3.8) is 0 Å². The number of ether oxygens (including phenoxy) is 1. The Morgan fingerprint density at radius 2 is 2.13 bits per heavy atom. The van der Waals surface area contributed by atoms with Gasteiger partial charge in [0.1, 0.15) is 6.10 Å². The highest BCUT2D eigenvalue weighted by atomic mass is 16.5. The topological polar surface area (TPSA) is 29.5 Å². The maximum atomic E-state index is 11.0. The molecule has 86 valence electrons. The Kier molecular flexibility index (Phi) is 4.82. The lowest BCUT2D eigenvalue weighted by Gasteiger charge is -2.35. The summed E-state index contributed by atoms with van der Waals surface area (Å²) in [6.45, 7) is 7.73. The molecule has 0 saturated heterocycles. The molecule has 0 bridgehead atoms. The molecule has 0 N–H and O–H groups in total. The largest absolute Gasteiger partial charge is 0.461 e. The second-order valence-corrected chi connectivity index (χ2v) is 3.87. The highest BCUT2D eigenvalue weighted by molar-refractivity contribution is 5.66. The maximum absolute atomic E-state index is 11.0. The van der Waals surface area contributed by atoms with Crippen molar-refractivity contribution in [2.24, 2.45) is 0 Å². The van der Waals surface area contributed by atoms with Gasteiger partial charge in [-0.1, -0.05) is 26.0 Å². The van der Waals surface area contributed by atoms with Gasteiger partial charge in [0.05, 0.1) is 6.04 Å². The SMILES string of the molecule is CCN(CC)[C@@H]1C=CCC[C@H]1OC(C)=O. The standard InChI is InChI=1S/C12H21NO2/c1-4-13(5-2)11-8-6-7-9-12(11)15-10(3)14/h6,8,11-12H,4-5,7,9H2,1-3H3/t11-,12-/m1/s1. The molecule has 2 atom stereocenters. The number of esters is 1. The van der Waals surface area contributed by atoms with Crippen molar-refractivity contribution >= 4 is 5.97 Å². The molecule has 0 spiro atoms. The third kappa shape index (κ3) is 3.34. The van der Waals surface area contributed by atoms with Crippen LogP contribution in [0.25, 0.3) is 0 Å². The molecule has 3 nitrogen and oxygen atoms in total. The fraction of sp³-hybridized carbons (Fsp3) is 0.750. The van der Waals surface area contributed by atoms with Crippen LogP contribution < -0.4 is 0 Å². The van der Waals surface area contributed by atoms with E-state index in [1.807, 2.05) is 0 Å². The highest BCUT2D eigenvalue weighted by Gasteiger charge is 2.27. The summed E-state index contributed by atoms with van der Waals surface area (Å²) in [4.78, 5) is 13.3. The molecule has 0 amide bonds. The predicted octanol–water partition coefficient (Wildman–Crippen LogP) is 1.98. The Hall–Kier alpha value is -0.830.